The van der Waals surface area contributed by atoms with E-state index < -0.39 is 5.97 Å². The Bertz CT molecular complexity index is 773. The van der Waals surface area contributed by atoms with Gasteiger partial charge in [-0.1, -0.05) is 47.5 Å². The molecule has 0 aliphatic carbocycles. The maximum atomic E-state index is 11.4. The molecule has 0 aromatic heterocycles. The van der Waals surface area contributed by atoms with Gasteiger partial charge in [0.2, 0.25) is 0 Å². The zero-order valence-electron chi connectivity index (χ0n) is 13.9. The number of hydrogen-bond donors (Lipinski definition) is 1. The summed E-state index contributed by atoms with van der Waals surface area (Å²) >= 11 is 0. The van der Waals surface area contributed by atoms with Crippen molar-refractivity contribution in [3.05, 3.63) is 82.9 Å². The van der Waals surface area contributed by atoms with E-state index in [0.29, 0.717) is 5.56 Å². The second-order valence-corrected chi connectivity index (χ2v) is 5.33. The number of carbonyl (C=O) groups is 3. The van der Waals surface area contributed by atoms with Crippen molar-refractivity contribution in [1.82, 2.24) is 0 Å². The molecule has 0 aliphatic heterocycles. The van der Waals surface area contributed by atoms with Crippen molar-refractivity contribution in [3.63, 3.8) is 0 Å². The highest BCUT2D eigenvalue weighted by Gasteiger charge is 2.01. The van der Waals surface area contributed by atoms with Crippen LogP contribution in [0.2, 0.25) is 0 Å². The summed E-state index contributed by atoms with van der Waals surface area (Å²) < 4.78 is 0. The van der Waals surface area contributed by atoms with Crippen LogP contribution >= 0.6 is 0 Å². The van der Waals surface area contributed by atoms with Crippen LogP contribution in [0.15, 0.2) is 60.7 Å². The maximum absolute atomic E-state index is 11.4. The second kappa shape index (κ2) is 9.20. The molecule has 0 bridgehead atoms. The monoisotopic (exact) mass is 324 g/mol. The minimum atomic E-state index is -1.12. The van der Waals surface area contributed by atoms with Crippen LogP contribution in [-0.2, 0) is 4.79 Å². The van der Waals surface area contributed by atoms with E-state index in [1.165, 1.54) is 0 Å². The van der Waals surface area contributed by atoms with E-state index in [9.17, 15) is 14.4 Å². The lowest BCUT2D eigenvalue weighted by molar-refractivity contribution is -0.131. The average Bonchev–Trinajstić information content (AvgIpc) is 2.53. The molecule has 0 unspecified atom stereocenters. The molecule has 0 fully saturated rings. The fourth-order valence-electron chi connectivity index (χ4n) is 1.91. The van der Waals surface area contributed by atoms with Gasteiger partial charge < -0.3 is 5.11 Å². The summed E-state index contributed by atoms with van der Waals surface area (Å²) in [5, 5.41) is 8.32. The molecule has 2 rings (SSSR count). The summed E-state index contributed by atoms with van der Waals surface area (Å²) in [5.41, 5.74) is 3.40. The lowest BCUT2D eigenvalue weighted by Crippen LogP contribution is -1.96. The highest BCUT2D eigenvalue weighted by Crippen LogP contribution is 2.05. The van der Waals surface area contributed by atoms with Crippen LogP contribution in [0.5, 0.6) is 0 Å². The van der Waals surface area contributed by atoms with Gasteiger partial charge in [0.05, 0.1) is 0 Å². The largest absolute Gasteiger partial charge is 0.478 e. The highest BCUT2D eigenvalue weighted by molar-refractivity contribution is 6.06. The first-order valence-electron chi connectivity index (χ1n) is 7.39. The molecule has 2 aromatic carbocycles. The van der Waals surface area contributed by atoms with Crippen molar-refractivity contribution in [3.8, 4) is 0 Å². The summed E-state index contributed by atoms with van der Waals surface area (Å²) in [6, 6.07) is 14.6. The zero-order valence-corrected chi connectivity index (χ0v) is 13.9. The molecule has 4 heteroatoms. The number of carbonyl (C=O) groups excluding carboxylic acids is 2. The highest BCUT2D eigenvalue weighted by atomic mass is 16.4. The standard InChI is InChI=1S/C11H10O3.C9H10O/c1-8-3-2-4-9(7-8)10(12)5-6-11(13)14;1-7-4-3-5-9(6-7)8(2)10/h2-7H,1H3,(H,13,14);3-6H,1-2H3. The molecule has 0 amide bonds. The van der Waals surface area contributed by atoms with Gasteiger partial charge in [0, 0.05) is 17.2 Å². The van der Waals surface area contributed by atoms with Gasteiger partial charge in [-0.2, -0.15) is 0 Å². The Kier molecular flexibility index (Phi) is 7.30. The van der Waals surface area contributed by atoms with Crippen LogP contribution in [0.3, 0.4) is 0 Å². The second-order valence-electron chi connectivity index (χ2n) is 5.33. The molecule has 0 saturated carbocycles. The first-order chi connectivity index (χ1) is 11.3. The third-order valence-corrected chi connectivity index (χ3v) is 3.10. The molecule has 0 aliphatic rings. The molecule has 0 spiro atoms. The number of ketones is 2. The number of aryl methyl sites for hydroxylation is 2. The number of Topliss-reactive ketones (excluding diaryl/α,β-unsaturated/α-hetero) is 1. The fourth-order valence-corrected chi connectivity index (χ4v) is 1.91. The number of aliphatic carboxylic acids is 1. The Morgan fingerprint density at radius 1 is 0.833 bits per heavy atom. The minimum Gasteiger partial charge on any atom is -0.478 e. The zero-order chi connectivity index (χ0) is 18.1. The Hall–Kier alpha value is -3.01. The number of benzene rings is 2. The summed E-state index contributed by atoms with van der Waals surface area (Å²) in [6.45, 7) is 5.43. The van der Waals surface area contributed by atoms with Crippen LogP contribution in [0.25, 0.3) is 0 Å². The predicted octanol–water partition coefficient (Wildman–Crippen LogP) is 4.02. The maximum Gasteiger partial charge on any atom is 0.328 e. The molecule has 124 valence electrons. The van der Waals surface area contributed by atoms with Crippen molar-refractivity contribution in [2.45, 2.75) is 20.8 Å². The summed E-state index contributed by atoms with van der Waals surface area (Å²) in [5.74, 6) is -1.29. The Balaban J connectivity index is 0.000000254. The van der Waals surface area contributed by atoms with Gasteiger partial charge in [-0.15, -0.1) is 0 Å². The number of hydrogen-bond acceptors (Lipinski definition) is 3. The van der Waals surface area contributed by atoms with Crippen LogP contribution in [0.4, 0.5) is 0 Å². The van der Waals surface area contributed by atoms with Crippen molar-refractivity contribution < 1.29 is 19.5 Å². The number of rotatable bonds is 4. The molecule has 2 aromatic rings. The van der Waals surface area contributed by atoms with E-state index in [0.717, 1.165) is 28.8 Å². The first-order valence-corrected chi connectivity index (χ1v) is 7.39. The average molecular weight is 324 g/mol. The van der Waals surface area contributed by atoms with Crippen LogP contribution < -0.4 is 0 Å². The van der Waals surface area contributed by atoms with E-state index in [-0.39, 0.29) is 11.6 Å². The van der Waals surface area contributed by atoms with Gasteiger partial charge in [-0.05, 0) is 39.0 Å². The molecule has 1 N–H and O–H groups in total. The molecule has 0 radical (unpaired) electrons. The van der Waals surface area contributed by atoms with Crippen molar-refractivity contribution in [2.75, 3.05) is 0 Å². The van der Waals surface area contributed by atoms with Gasteiger partial charge in [0.25, 0.3) is 0 Å². The SMILES string of the molecule is CC(=O)c1cccc(C)c1.Cc1cccc(C(=O)C=CC(=O)O)c1. The quantitative estimate of drug-likeness (QED) is 0.681. The van der Waals surface area contributed by atoms with Gasteiger partial charge in [-0.25, -0.2) is 4.79 Å². The molecule has 4 nitrogen and oxygen atoms in total. The van der Waals surface area contributed by atoms with Crippen LogP contribution in [-0.4, -0.2) is 22.6 Å². The van der Waals surface area contributed by atoms with Crippen LogP contribution in [0.1, 0.15) is 38.8 Å². The fraction of sp³-hybridized carbons (Fsp3) is 0.150. The Labute approximate surface area is 141 Å². The predicted molar refractivity (Wildman–Crippen MR) is 93.5 cm³/mol. The van der Waals surface area contributed by atoms with E-state index in [1.807, 2.05) is 44.2 Å². The Morgan fingerprint density at radius 3 is 1.75 bits per heavy atom. The number of carboxylic acid groups (broad SMARTS) is 1. The summed E-state index contributed by atoms with van der Waals surface area (Å²) in [4.78, 5) is 32.3. The summed E-state index contributed by atoms with van der Waals surface area (Å²) in [7, 11) is 0. The van der Waals surface area contributed by atoms with Gasteiger partial charge in [0.1, 0.15) is 0 Å². The third-order valence-electron chi connectivity index (χ3n) is 3.10. The van der Waals surface area contributed by atoms with Crippen LogP contribution in [0, 0.1) is 13.8 Å². The molecule has 0 saturated heterocycles. The van der Waals surface area contributed by atoms with Gasteiger partial charge >= 0.3 is 5.97 Å². The van der Waals surface area contributed by atoms with E-state index >= 15 is 0 Å². The smallest absolute Gasteiger partial charge is 0.328 e. The third kappa shape index (κ3) is 6.83. The molecule has 24 heavy (non-hydrogen) atoms. The van der Waals surface area contributed by atoms with Gasteiger partial charge in [0.15, 0.2) is 11.6 Å². The minimum absolute atomic E-state index is 0.128. The molecular formula is C20H20O4. The van der Waals surface area contributed by atoms with E-state index in [2.05, 4.69) is 0 Å². The lowest BCUT2D eigenvalue weighted by Gasteiger charge is -1.96. The topological polar surface area (TPSA) is 71.4 Å². The van der Waals surface area contributed by atoms with Crippen molar-refractivity contribution in [2.24, 2.45) is 0 Å². The van der Waals surface area contributed by atoms with E-state index in [1.54, 1.807) is 25.1 Å². The molecule has 0 heterocycles. The Morgan fingerprint density at radius 2 is 1.33 bits per heavy atom. The normalized spacial score (nSPS) is 9.96. The van der Waals surface area contributed by atoms with Crippen molar-refractivity contribution >= 4 is 17.5 Å². The summed E-state index contributed by atoms with van der Waals surface area (Å²) in [6.07, 6.45) is 1.89. The number of carboxylic acids is 1. The first kappa shape index (κ1) is 19.0. The lowest BCUT2D eigenvalue weighted by atomic mass is 10.1. The van der Waals surface area contributed by atoms with E-state index in [4.69, 9.17) is 5.11 Å². The van der Waals surface area contributed by atoms with Crippen molar-refractivity contribution in [1.29, 1.82) is 0 Å². The number of allylic oxidation sites excluding steroid dienone is 1. The molecular weight excluding hydrogens is 304 g/mol. The molecule has 0 atom stereocenters. The van der Waals surface area contributed by atoms with Gasteiger partial charge in [-0.3, -0.25) is 9.59 Å².